The molecule has 3 rings (SSSR count). The molecule has 1 amide bonds. The molecule has 0 bridgehead atoms. The highest BCUT2D eigenvalue weighted by Gasteiger charge is 2.60. The van der Waals surface area contributed by atoms with Crippen LogP contribution in [0.15, 0.2) is 16.6 Å². The Morgan fingerprint density at radius 1 is 1.37 bits per heavy atom. The molecular weight excluding hydrogens is 340 g/mol. The second kappa shape index (κ2) is 4.16. The van der Waals surface area contributed by atoms with Gasteiger partial charge in [0.05, 0.1) is 0 Å². The topological polar surface area (TPSA) is 29.1 Å². The summed E-state index contributed by atoms with van der Waals surface area (Å²) in [6.07, 6.45) is -0.432. The fourth-order valence-electron chi connectivity index (χ4n) is 3.13. The maximum Gasteiger partial charge on any atom is 0.251 e. The van der Waals surface area contributed by atoms with Crippen molar-refractivity contribution in [3.8, 4) is 0 Å². The minimum atomic E-state index is -2.63. The molecule has 1 aliphatic carbocycles. The molecule has 1 aliphatic heterocycles. The van der Waals surface area contributed by atoms with Gasteiger partial charge in [-0.1, -0.05) is 15.9 Å². The van der Waals surface area contributed by atoms with Crippen LogP contribution in [0.25, 0.3) is 0 Å². The molecule has 1 spiro atoms. The SMILES string of the molecule is O=C1NCC2(CC(F)(F)C2)c2c(Br)cc(CCl)cc21. The number of carbonyl (C=O) groups excluding carboxylic acids is 1. The van der Waals surface area contributed by atoms with E-state index in [-0.39, 0.29) is 31.2 Å². The maximum atomic E-state index is 13.3. The Bertz CT molecular complexity index is 568. The molecule has 1 heterocycles. The number of rotatable bonds is 1. The van der Waals surface area contributed by atoms with Crippen LogP contribution >= 0.6 is 27.5 Å². The summed E-state index contributed by atoms with van der Waals surface area (Å²) in [6, 6.07) is 3.50. The highest BCUT2D eigenvalue weighted by molar-refractivity contribution is 9.10. The van der Waals surface area contributed by atoms with Crippen molar-refractivity contribution in [3.63, 3.8) is 0 Å². The van der Waals surface area contributed by atoms with Crippen molar-refractivity contribution >= 4 is 33.4 Å². The molecule has 1 fully saturated rings. The van der Waals surface area contributed by atoms with Gasteiger partial charge in [0.25, 0.3) is 5.91 Å². The van der Waals surface area contributed by atoms with E-state index < -0.39 is 11.3 Å². The smallest absolute Gasteiger partial charge is 0.251 e. The maximum absolute atomic E-state index is 13.3. The summed E-state index contributed by atoms with van der Waals surface area (Å²) in [5.41, 5.74) is 1.32. The Labute approximate surface area is 122 Å². The highest BCUT2D eigenvalue weighted by atomic mass is 79.9. The van der Waals surface area contributed by atoms with Crippen LogP contribution in [0.3, 0.4) is 0 Å². The molecule has 19 heavy (non-hydrogen) atoms. The number of hydrogen-bond donors (Lipinski definition) is 1. The Hall–Kier alpha value is -0.680. The zero-order chi connectivity index (χ0) is 13.8. The Kier molecular flexibility index (Phi) is 2.91. The molecule has 1 aromatic carbocycles. The van der Waals surface area contributed by atoms with E-state index in [0.29, 0.717) is 15.6 Å². The molecule has 102 valence electrons. The van der Waals surface area contributed by atoms with Gasteiger partial charge in [-0.15, -0.1) is 11.6 Å². The third kappa shape index (κ3) is 1.98. The number of alkyl halides is 3. The lowest BCUT2D eigenvalue weighted by atomic mass is 9.59. The largest absolute Gasteiger partial charge is 0.351 e. The Morgan fingerprint density at radius 3 is 2.63 bits per heavy atom. The van der Waals surface area contributed by atoms with Crippen LogP contribution in [0.2, 0.25) is 0 Å². The fraction of sp³-hybridized carbons (Fsp3) is 0.462. The molecule has 1 N–H and O–H groups in total. The molecule has 0 radical (unpaired) electrons. The zero-order valence-electron chi connectivity index (χ0n) is 9.90. The predicted molar refractivity (Wildman–Crippen MR) is 71.9 cm³/mol. The van der Waals surface area contributed by atoms with E-state index >= 15 is 0 Å². The molecule has 1 aromatic rings. The monoisotopic (exact) mass is 349 g/mol. The van der Waals surface area contributed by atoms with Gasteiger partial charge >= 0.3 is 0 Å². The minimum absolute atomic E-state index is 0.216. The molecule has 0 saturated heterocycles. The average Bonchev–Trinajstić information content (AvgIpc) is 2.30. The molecule has 2 aliphatic rings. The molecule has 6 heteroatoms. The number of nitrogens with one attached hydrogen (secondary N) is 1. The van der Waals surface area contributed by atoms with Gasteiger partial charge in [0, 0.05) is 40.7 Å². The Morgan fingerprint density at radius 2 is 2.05 bits per heavy atom. The predicted octanol–water partition coefficient (Wildman–Crippen LogP) is 3.60. The van der Waals surface area contributed by atoms with Crippen LogP contribution in [-0.2, 0) is 11.3 Å². The molecule has 2 nitrogen and oxygen atoms in total. The van der Waals surface area contributed by atoms with Crippen molar-refractivity contribution in [2.45, 2.75) is 30.1 Å². The van der Waals surface area contributed by atoms with Crippen LogP contribution in [-0.4, -0.2) is 18.4 Å². The fourth-order valence-corrected chi connectivity index (χ4v) is 4.21. The summed E-state index contributed by atoms with van der Waals surface area (Å²) >= 11 is 9.19. The second-order valence-electron chi connectivity index (χ2n) is 5.31. The number of benzene rings is 1. The van der Waals surface area contributed by atoms with E-state index in [4.69, 9.17) is 11.6 Å². The summed E-state index contributed by atoms with van der Waals surface area (Å²) in [6.45, 7) is 0.271. The minimum Gasteiger partial charge on any atom is -0.351 e. The number of halogens is 4. The van der Waals surface area contributed by atoms with Gasteiger partial charge in [-0.3, -0.25) is 4.79 Å². The number of amides is 1. The summed E-state index contributed by atoms with van der Waals surface area (Å²) < 4.78 is 27.3. The third-order valence-electron chi connectivity index (χ3n) is 3.86. The van der Waals surface area contributed by atoms with Gasteiger partial charge in [0.1, 0.15) is 0 Å². The standard InChI is InChI=1S/C13H11BrClF2NO/c14-9-2-7(3-15)1-8-10(9)12(6-18-11(8)19)4-13(16,17)5-12/h1-2H,3-6H2,(H,18,19). The molecule has 0 aromatic heterocycles. The normalized spacial score (nSPS) is 22.6. The summed E-state index contributed by atoms with van der Waals surface area (Å²) in [7, 11) is 0. The van der Waals surface area contributed by atoms with E-state index in [0.717, 1.165) is 5.56 Å². The van der Waals surface area contributed by atoms with Gasteiger partial charge in [-0.2, -0.15) is 0 Å². The van der Waals surface area contributed by atoms with E-state index in [1.165, 1.54) is 0 Å². The first-order valence-corrected chi connectivity index (χ1v) is 7.25. The highest BCUT2D eigenvalue weighted by Crippen LogP contribution is 2.56. The van der Waals surface area contributed by atoms with Crippen LogP contribution in [0.4, 0.5) is 8.78 Å². The van der Waals surface area contributed by atoms with Crippen molar-refractivity contribution in [3.05, 3.63) is 33.3 Å². The average molecular weight is 351 g/mol. The van der Waals surface area contributed by atoms with Crippen molar-refractivity contribution in [2.75, 3.05) is 6.54 Å². The van der Waals surface area contributed by atoms with Gasteiger partial charge in [-0.25, -0.2) is 8.78 Å². The lowest BCUT2D eigenvalue weighted by Gasteiger charge is -2.50. The first-order chi connectivity index (χ1) is 8.87. The van der Waals surface area contributed by atoms with Gasteiger partial charge in [0.2, 0.25) is 5.92 Å². The first-order valence-electron chi connectivity index (χ1n) is 5.92. The van der Waals surface area contributed by atoms with Crippen molar-refractivity contribution in [1.29, 1.82) is 0 Å². The third-order valence-corrected chi connectivity index (χ3v) is 4.79. The zero-order valence-corrected chi connectivity index (χ0v) is 12.2. The number of fused-ring (bicyclic) bond motifs is 2. The molecule has 0 unspecified atom stereocenters. The lowest BCUT2D eigenvalue weighted by Crippen LogP contribution is -2.58. The van der Waals surface area contributed by atoms with E-state index in [2.05, 4.69) is 21.2 Å². The molecule has 0 atom stereocenters. The van der Waals surface area contributed by atoms with Crippen molar-refractivity contribution in [1.82, 2.24) is 5.32 Å². The quantitative estimate of drug-likeness (QED) is 0.771. The van der Waals surface area contributed by atoms with E-state index in [1.54, 1.807) is 6.07 Å². The van der Waals surface area contributed by atoms with Crippen molar-refractivity contribution in [2.24, 2.45) is 0 Å². The summed E-state index contributed by atoms with van der Waals surface area (Å²) in [4.78, 5) is 11.9. The van der Waals surface area contributed by atoms with Crippen molar-refractivity contribution < 1.29 is 13.6 Å². The van der Waals surface area contributed by atoms with E-state index in [9.17, 15) is 13.6 Å². The lowest BCUT2D eigenvalue weighted by molar-refractivity contribution is -0.126. The summed E-state index contributed by atoms with van der Waals surface area (Å²) in [5, 5.41) is 2.71. The molecular formula is C13H11BrClF2NO. The second-order valence-corrected chi connectivity index (χ2v) is 6.43. The van der Waals surface area contributed by atoms with Gasteiger partial charge < -0.3 is 5.32 Å². The van der Waals surface area contributed by atoms with Crippen LogP contribution in [0.5, 0.6) is 0 Å². The van der Waals surface area contributed by atoms with Crippen LogP contribution in [0.1, 0.15) is 34.3 Å². The Balaban J connectivity index is 2.14. The first kappa shape index (κ1) is 13.3. The van der Waals surface area contributed by atoms with Crippen LogP contribution < -0.4 is 5.32 Å². The van der Waals surface area contributed by atoms with Gasteiger partial charge in [-0.05, 0) is 23.3 Å². The van der Waals surface area contributed by atoms with Gasteiger partial charge in [0.15, 0.2) is 0 Å². The molecule has 1 saturated carbocycles. The van der Waals surface area contributed by atoms with Crippen LogP contribution in [0, 0.1) is 0 Å². The number of hydrogen-bond acceptors (Lipinski definition) is 1. The number of carbonyl (C=O) groups is 1. The van der Waals surface area contributed by atoms with E-state index in [1.807, 2.05) is 6.07 Å². The summed E-state index contributed by atoms with van der Waals surface area (Å²) in [5.74, 6) is -2.57.